The van der Waals surface area contributed by atoms with E-state index in [1.165, 1.54) is 0 Å². The summed E-state index contributed by atoms with van der Waals surface area (Å²) in [4.78, 5) is 61.5. The molecule has 2 aliphatic heterocycles. The number of aliphatic carboxylic acids is 1. The van der Waals surface area contributed by atoms with Gasteiger partial charge in [0.25, 0.3) is 0 Å². The molecule has 5 unspecified atom stereocenters. The Balaban J connectivity index is 1.49. The number of nitrogens with zero attached hydrogens (tertiary/aromatic N) is 3. The number of carboxylic acid groups (broad SMARTS) is 1. The number of alkyl carbamates (subject to hydrolysis) is 1. The first-order chi connectivity index (χ1) is 22.5. The highest BCUT2D eigenvalue weighted by Gasteiger charge is 2.61. The molecule has 48 heavy (non-hydrogen) atoms. The van der Waals surface area contributed by atoms with Crippen LogP contribution in [0.15, 0.2) is 30.4 Å². The van der Waals surface area contributed by atoms with Gasteiger partial charge in [-0.25, -0.2) is 23.9 Å². The number of allylic oxidation sites excluding steroid dienone is 1. The van der Waals surface area contributed by atoms with Crippen LogP contribution >= 0.6 is 0 Å². The molecule has 1 aromatic carbocycles. The van der Waals surface area contributed by atoms with Gasteiger partial charge in [0.1, 0.15) is 35.1 Å². The lowest BCUT2D eigenvalue weighted by atomic mass is 10.0. The van der Waals surface area contributed by atoms with Crippen LogP contribution in [0, 0.1) is 11.7 Å². The maximum atomic E-state index is 14.1. The molecule has 3 heterocycles. The average molecular weight is 680 g/mol. The van der Waals surface area contributed by atoms with E-state index < -0.39 is 89.2 Å². The molecule has 3 amide bonds. The SMILES string of the molecule is CC(C)(C)OC(=O)NC1CCCCCC=CC2CC2(C(=O)O)NC(=O)C2CC(Oc3nc4cc(F)ccc4nc3C(F)(F)F)CN2C1=O. The van der Waals surface area contributed by atoms with Crippen LogP contribution in [0.25, 0.3) is 11.0 Å². The fraction of sp³-hybridized carbons (Fsp3) is 0.562. The normalized spacial score (nSPS) is 26.9. The van der Waals surface area contributed by atoms with E-state index in [1.807, 2.05) is 6.08 Å². The van der Waals surface area contributed by atoms with Crippen molar-refractivity contribution in [2.45, 2.75) is 101 Å². The maximum Gasteiger partial charge on any atom is 0.438 e. The van der Waals surface area contributed by atoms with Crippen molar-refractivity contribution in [1.29, 1.82) is 0 Å². The second kappa shape index (κ2) is 13.2. The van der Waals surface area contributed by atoms with Crippen LogP contribution < -0.4 is 15.4 Å². The standard InChI is InChI=1S/C32H37F4N5O7/c1-30(2,3)48-29(46)39-21-10-8-6-4-5-7-9-17-15-31(17,28(44)45)40-25(42)23-14-19(16-41(23)27(21)43)47-26-24(32(34,35)36)37-20-12-11-18(33)13-22(20)38-26/h7,9,11-13,17,19,21,23H,4-6,8,10,14-16H2,1-3H3,(H,39,46)(H,40,42)(H,44,45). The van der Waals surface area contributed by atoms with Crippen molar-refractivity contribution in [3.05, 3.63) is 41.9 Å². The molecular formula is C32H37F4N5O7. The average Bonchev–Trinajstić information content (AvgIpc) is 3.51. The minimum Gasteiger partial charge on any atom is -0.479 e. The Morgan fingerprint density at radius 3 is 2.54 bits per heavy atom. The number of carbonyl (C=O) groups is 4. The van der Waals surface area contributed by atoms with Crippen LogP contribution in [0.2, 0.25) is 0 Å². The zero-order valence-corrected chi connectivity index (χ0v) is 26.6. The van der Waals surface area contributed by atoms with E-state index in [-0.39, 0.29) is 30.3 Å². The first kappa shape index (κ1) is 34.8. The van der Waals surface area contributed by atoms with E-state index in [0.717, 1.165) is 29.5 Å². The highest BCUT2D eigenvalue weighted by Crippen LogP contribution is 2.45. The molecule has 3 aliphatic rings. The topological polar surface area (TPSA) is 160 Å². The fourth-order valence-electron chi connectivity index (χ4n) is 6.03. The summed E-state index contributed by atoms with van der Waals surface area (Å²) < 4.78 is 67.2. The summed E-state index contributed by atoms with van der Waals surface area (Å²) >= 11 is 0. The van der Waals surface area contributed by atoms with Gasteiger partial charge < -0.3 is 30.1 Å². The fourth-order valence-corrected chi connectivity index (χ4v) is 6.03. The van der Waals surface area contributed by atoms with Crippen molar-refractivity contribution in [3.63, 3.8) is 0 Å². The van der Waals surface area contributed by atoms with E-state index in [1.54, 1.807) is 26.8 Å². The summed E-state index contributed by atoms with van der Waals surface area (Å²) in [5.74, 6) is -5.07. The number of benzene rings is 1. The molecule has 12 nitrogen and oxygen atoms in total. The van der Waals surface area contributed by atoms with Gasteiger partial charge in [-0.15, -0.1) is 0 Å². The predicted octanol–water partition coefficient (Wildman–Crippen LogP) is 4.51. The third-order valence-corrected chi connectivity index (χ3v) is 8.45. The molecule has 1 saturated carbocycles. The van der Waals surface area contributed by atoms with Gasteiger partial charge in [0.2, 0.25) is 23.4 Å². The van der Waals surface area contributed by atoms with Crippen molar-refractivity contribution in [3.8, 4) is 5.88 Å². The van der Waals surface area contributed by atoms with Crippen LogP contribution in [-0.2, 0) is 25.3 Å². The number of hydrogen-bond donors (Lipinski definition) is 3. The molecule has 2 fully saturated rings. The largest absolute Gasteiger partial charge is 0.479 e. The smallest absolute Gasteiger partial charge is 0.438 e. The number of aromatic nitrogens is 2. The number of hydrogen-bond acceptors (Lipinski definition) is 8. The van der Waals surface area contributed by atoms with Crippen LogP contribution in [0.5, 0.6) is 5.88 Å². The number of rotatable bonds is 4. The minimum atomic E-state index is -5.02. The molecule has 3 N–H and O–H groups in total. The van der Waals surface area contributed by atoms with E-state index in [0.29, 0.717) is 19.3 Å². The van der Waals surface area contributed by atoms with Gasteiger partial charge in [-0.1, -0.05) is 25.0 Å². The van der Waals surface area contributed by atoms with Crippen molar-refractivity contribution < 1.29 is 51.3 Å². The molecule has 5 rings (SSSR count). The molecule has 1 aromatic heterocycles. The highest BCUT2D eigenvalue weighted by atomic mass is 19.4. The summed E-state index contributed by atoms with van der Waals surface area (Å²) in [7, 11) is 0. The van der Waals surface area contributed by atoms with E-state index in [2.05, 4.69) is 20.6 Å². The molecule has 0 radical (unpaired) electrons. The summed E-state index contributed by atoms with van der Waals surface area (Å²) in [6, 6.07) is 0.324. The van der Waals surface area contributed by atoms with Crippen molar-refractivity contribution in [1.82, 2.24) is 25.5 Å². The van der Waals surface area contributed by atoms with E-state index in [9.17, 15) is 41.8 Å². The van der Waals surface area contributed by atoms with Crippen LogP contribution in [0.4, 0.5) is 22.4 Å². The molecule has 1 aliphatic carbocycles. The number of ether oxygens (including phenoxy) is 2. The van der Waals surface area contributed by atoms with Gasteiger partial charge in [0, 0.05) is 18.4 Å². The number of nitrogens with one attached hydrogen (secondary N) is 2. The minimum absolute atomic E-state index is 0.117. The first-order valence-corrected chi connectivity index (χ1v) is 15.7. The lowest BCUT2D eigenvalue weighted by molar-refractivity contribution is -0.146. The van der Waals surface area contributed by atoms with Gasteiger partial charge in [0.15, 0.2) is 0 Å². The summed E-state index contributed by atoms with van der Waals surface area (Å²) in [5.41, 5.74) is -4.43. The van der Waals surface area contributed by atoms with Crippen LogP contribution in [-0.4, -0.2) is 79.7 Å². The second-order valence-corrected chi connectivity index (χ2v) is 13.3. The predicted molar refractivity (Wildman–Crippen MR) is 161 cm³/mol. The zero-order chi connectivity index (χ0) is 35.0. The monoisotopic (exact) mass is 679 g/mol. The highest BCUT2D eigenvalue weighted by molar-refractivity contribution is 5.96. The molecule has 2 aromatic rings. The summed E-state index contributed by atoms with van der Waals surface area (Å²) in [6.07, 6.45) is -1.06. The summed E-state index contributed by atoms with van der Waals surface area (Å²) in [5, 5.41) is 15.2. The Kier molecular flexibility index (Phi) is 9.57. The number of fused-ring (bicyclic) bond motifs is 3. The number of halogens is 4. The molecule has 5 atom stereocenters. The zero-order valence-electron chi connectivity index (χ0n) is 26.6. The molecule has 16 heteroatoms. The van der Waals surface area contributed by atoms with Gasteiger partial charge >= 0.3 is 18.2 Å². The lowest BCUT2D eigenvalue weighted by Gasteiger charge is -2.30. The van der Waals surface area contributed by atoms with Crippen molar-refractivity contribution in [2.75, 3.05) is 6.54 Å². The van der Waals surface area contributed by atoms with Gasteiger partial charge in [0.05, 0.1) is 17.6 Å². The number of carbonyl (C=O) groups excluding carboxylic acids is 3. The van der Waals surface area contributed by atoms with Gasteiger partial charge in [-0.05, 0) is 58.6 Å². The van der Waals surface area contributed by atoms with Crippen LogP contribution in [0.1, 0.15) is 71.4 Å². The van der Waals surface area contributed by atoms with Crippen molar-refractivity contribution >= 4 is 34.9 Å². The first-order valence-electron chi connectivity index (χ1n) is 15.7. The van der Waals surface area contributed by atoms with Crippen LogP contribution in [0.3, 0.4) is 0 Å². The third-order valence-electron chi connectivity index (χ3n) is 8.45. The number of alkyl halides is 3. The van der Waals surface area contributed by atoms with Gasteiger partial charge in [-0.2, -0.15) is 13.2 Å². The Labute approximate surface area is 273 Å². The lowest BCUT2D eigenvalue weighted by Crippen LogP contribution is -2.56. The quantitative estimate of drug-likeness (QED) is 0.312. The van der Waals surface area contributed by atoms with E-state index in [4.69, 9.17) is 9.47 Å². The van der Waals surface area contributed by atoms with E-state index >= 15 is 0 Å². The Hall–Kier alpha value is -4.50. The molecule has 260 valence electrons. The summed E-state index contributed by atoms with van der Waals surface area (Å²) in [6.45, 7) is 4.52. The Morgan fingerprint density at radius 1 is 1.10 bits per heavy atom. The second-order valence-electron chi connectivity index (χ2n) is 13.3. The maximum absolute atomic E-state index is 14.1. The molecule has 0 bridgehead atoms. The number of amides is 3. The van der Waals surface area contributed by atoms with Crippen molar-refractivity contribution in [2.24, 2.45) is 5.92 Å². The molecular weight excluding hydrogens is 642 g/mol. The van der Waals surface area contributed by atoms with Gasteiger partial charge in [-0.3, -0.25) is 9.59 Å². The third kappa shape index (κ3) is 7.79. The molecule has 0 spiro atoms. The number of carboxylic acids is 1. The Morgan fingerprint density at radius 2 is 1.85 bits per heavy atom. The Bertz CT molecular complexity index is 1630. The molecule has 1 saturated heterocycles.